The fraction of sp³-hybridized carbons (Fsp3) is 1.00. The fourth-order valence-corrected chi connectivity index (χ4v) is 1.21. The number of hydrogen-bond acceptors (Lipinski definition) is 3. The maximum Gasteiger partial charge on any atom is 0.0383 e. The second-order valence-electron chi connectivity index (χ2n) is 2.15. The number of rotatable bonds is 4. The van der Waals surface area contributed by atoms with Crippen molar-refractivity contribution in [1.29, 1.82) is 0 Å². The van der Waals surface area contributed by atoms with Gasteiger partial charge >= 0.3 is 0 Å². The average molecular weight is 153 g/mol. The molecule has 0 saturated carbocycles. The predicted octanol–water partition coefficient (Wildman–Crippen LogP) is 0.976. The summed E-state index contributed by atoms with van der Waals surface area (Å²) in [5, 5.41) is 2.93. The topological polar surface area (TPSA) is 52.5 Å². The Balaban J connectivity index is 3.07. The Kier molecular flexibility index (Phi) is 4.22. The first-order chi connectivity index (χ1) is 4.06. The molecule has 0 radical (unpaired) electrons. The Labute approximate surface area is 57.8 Å². The summed E-state index contributed by atoms with van der Waals surface area (Å²) in [6.45, 7) is 0.851. The Morgan fingerprint density at radius 3 is 2.33 bits per heavy atom. The van der Waals surface area contributed by atoms with Crippen molar-refractivity contribution < 1.29 is 9.11 Å². The molecule has 0 amide bonds. The zero-order chi connectivity index (χ0) is 7.33. The molecule has 0 aliphatic rings. The molecule has 0 aromatic heterocycles. The third kappa shape index (κ3) is 8.23. The molecule has 9 heavy (non-hydrogen) atoms. The molecule has 0 fully saturated rings. The van der Waals surface area contributed by atoms with Gasteiger partial charge in [-0.15, -0.1) is 0 Å². The molecule has 0 atom stereocenters. The van der Waals surface area contributed by atoms with E-state index in [2.05, 4.69) is 5.32 Å². The Morgan fingerprint density at radius 1 is 1.44 bits per heavy atom. The van der Waals surface area contributed by atoms with Crippen LogP contribution in [-0.2, 0) is 0 Å². The Bertz CT molecular complexity index is 71.8. The van der Waals surface area contributed by atoms with Gasteiger partial charge in [-0.25, -0.2) is 0 Å². The average Bonchev–Trinajstić information content (AvgIpc) is 1.63. The monoisotopic (exact) mass is 153 g/mol. The maximum atomic E-state index is 8.86. The summed E-state index contributed by atoms with van der Waals surface area (Å²) in [5.74, 6) is 0.508. The van der Waals surface area contributed by atoms with Crippen molar-refractivity contribution in [1.82, 2.24) is 5.32 Å². The second-order valence-corrected chi connectivity index (χ2v) is 4.55. The molecule has 3 N–H and O–H groups in total. The van der Waals surface area contributed by atoms with Crippen LogP contribution in [0.3, 0.4) is 0 Å². The summed E-state index contributed by atoms with van der Waals surface area (Å²) >= 11 is 0. The van der Waals surface area contributed by atoms with Crippen LogP contribution < -0.4 is 5.32 Å². The maximum absolute atomic E-state index is 8.86. The molecule has 0 unspecified atom stereocenters. The van der Waals surface area contributed by atoms with Crippen LogP contribution in [-0.4, -0.2) is 34.7 Å². The van der Waals surface area contributed by atoms with E-state index in [9.17, 15) is 0 Å². The van der Waals surface area contributed by atoms with Crippen LogP contribution in [0.15, 0.2) is 0 Å². The molecule has 4 heteroatoms. The molecule has 0 bridgehead atoms. The minimum absolute atomic E-state index is 0.508. The van der Waals surface area contributed by atoms with Crippen molar-refractivity contribution in [2.75, 3.05) is 25.6 Å². The van der Waals surface area contributed by atoms with Crippen LogP contribution in [0.4, 0.5) is 0 Å². The van der Waals surface area contributed by atoms with Gasteiger partial charge in [-0.05, 0) is 20.0 Å². The van der Waals surface area contributed by atoms with Crippen molar-refractivity contribution >= 4 is 10.6 Å². The van der Waals surface area contributed by atoms with E-state index in [1.54, 1.807) is 0 Å². The molecule has 0 heterocycles. The molecule has 58 valence electrons. The summed E-state index contributed by atoms with van der Waals surface area (Å²) in [6, 6.07) is 0. The van der Waals surface area contributed by atoms with Gasteiger partial charge in [-0.2, -0.15) is 10.6 Å². The fourth-order valence-electron chi connectivity index (χ4n) is 0.522. The molecular formula is C5H15NO2S. The third-order valence-corrected chi connectivity index (χ3v) is 2.02. The van der Waals surface area contributed by atoms with Crippen LogP contribution in [0.25, 0.3) is 0 Å². The van der Waals surface area contributed by atoms with Gasteiger partial charge in [0.05, 0.1) is 0 Å². The van der Waals surface area contributed by atoms with Gasteiger partial charge < -0.3 is 5.32 Å². The van der Waals surface area contributed by atoms with Gasteiger partial charge in [0, 0.05) is 12.0 Å². The molecule has 0 aromatic rings. The lowest BCUT2D eigenvalue weighted by Gasteiger charge is -2.26. The lowest BCUT2D eigenvalue weighted by molar-refractivity contribution is 0.492. The van der Waals surface area contributed by atoms with Gasteiger partial charge in [0.15, 0.2) is 0 Å². The standard InChI is InChI=1S/C5H15NO2S/c1-6-4-3-5-9(2,7)8/h6-8H,3-5H2,1-2H3. The van der Waals surface area contributed by atoms with Gasteiger partial charge in [-0.1, -0.05) is 0 Å². The molecule has 0 saturated heterocycles. The first kappa shape index (κ1) is 9.23. The Hall–Kier alpha value is 0.230. The lowest BCUT2D eigenvalue weighted by atomic mass is 10.5. The highest BCUT2D eigenvalue weighted by atomic mass is 32.3. The van der Waals surface area contributed by atoms with E-state index in [0.717, 1.165) is 13.0 Å². The largest absolute Gasteiger partial charge is 0.320 e. The summed E-state index contributed by atoms with van der Waals surface area (Å²) in [5.41, 5.74) is 0. The number of nitrogens with one attached hydrogen (secondary N) is 1. The first-order valence-corrected chi connectivity index (χ1v) is 5.04. The smallest absolute Gasteiger partial charge is 0.0383 e. The molecule has 0 aromatic carbocycles. The molecular weight excluding hydrogens is 138 g/mol. The van der Waals surface area contributed by atoms with Gasteiger partial charge in [-0.3, -0.25) is 9.11 Å². The lowest BCUT2D eigenvalue weighted by Crippen LogP contribution is -2.11. The molecule has 3 nitrogen and oxygen atoms in total. The zero-order valence-corrected chi connectivity index (χ0v) is 6.74. The van der Waals surface area contributed by atoms with Crippen LogP contribution in [0, 0.1) is 0 Å². The predicted molar refractivity (Wildman–Crippen MR) is 42.2 cm³/mol. The van der Waals surface area contributed by atoms with E-state index in [0.29, 0.717) is 5.75 Å². The zero-order valence-electron chi connectivity index (χ0n) is 5.92. The summed E-state index contributed by atoms with van der Waals surface area (Å²) in [7, 11) is -0.388. The summed E-state index contributed by atoms with van der Waals surface area (Å²) < 4.78 is 17.7. The SMILES string of the molecule is CNCCCS(C)(O)O. The normalized spacial score (nSPS) is 13.8. The van der Waals surface area contributed by atoms with Crippen LogP contribution in [0.2, 0.25) is 0 Å². The van der Waals surface area contributed by atoms with Crippen LogP contribution in [0.1, 0.15) is 6.42 Å². The van der Waals surface area contributed by atoms with Gasteiger partial charge in [0.25, 0.3) is 0 Å². The van der Waals surface area contributed by atoms with Crippen molar-refractivity contribution in [3.8, 4) is 0 Å². The minimum atomic E-state index is -2.24. The molecule has 0 rings (SSSR count). The number of hydrogen-bond donors (Lipinski definition) is 3. The van der Waals surface area contributed by atoms with Crippen molar-refractivity contribution in [2.24, 2.45) is 0 Å². The molecule has 0 aliphatic heterocycles. The van der Waals surface area contributed by atoms with Crippen molar-refractivity contribution in [2.45, 2.75) is 6.42 Å². The molecule has 0 spiro atoms. The molecule has 0 aliphatic carbocycles. The Morgan fingerprint density at radius 2 is 2.00 bits per heavy atom. The van der Waals surface area contributed by atoms with Gasteiger partial charge in [0.1, 0.15) is 0 Å². The highest BCUT2D eigenvalue weighted by Crippen LogP contribution is 2.33. The van der Waals surface area contributed by atoms with Crippen LogP contribution >= 0.6 is 10.6 Å². The minimum Gasteiger partial charge on any atom is -0.320 e. The van der Waals surface area contributed by atoms with E-state index in [-0.39, 0.29) is 0 Å². The first-order valence-electron chi connectivity index (χ1n) is 2.92. The van der Waals surface area contributed by atoms with Gasteiger partial charge in [0.2, 0.25) is 0 Å². The summed E-state index contributed by atoms with van der Waals surface area (Å²) in [6.07, 6.45) is 2.30. The third-order valence-electron chi connectivity index (χ3n) is 0.958. The van der Waals surface area contributed by atoms with E-state index in [1.807, 2.05) is 7.05 Å². The van der Waals surface area contributed by atoms with Crippen molar-refractivity contribution in [3.63, 3.8) is 0 Å². The highest BCUT2D eigenvalue weighted by molar-refractivity contribution is 8.23. The quantitative estimate of drug-likeness (QED) is 0.528. The summed E-state index contributed by atoms with van der Waals surface area (Å²) in [4.78, 5) is 0. The highest BCUT2D eigenvalue weighted by Gasteiger charge is 2.00. The van der Waals surface area contributed by atoms with Crippen molar-refractivity contribution in [3.05, 3.63) is 0 Å². The van der Waals surface area contributed by atoms with E-state index < -0.39 is 10.6 Å². The van der Waals surface area contributed by atoms with Crippen LogP contribution in [0.5, 0.6) is 0 Å². The van der Waals surface area contributed by atoms with E-state index >= 15 is 0 Å². The van der Waals surface area contributed by atoms with E-state index in [4.69, 9.17) is 9.11 Å². The van der Waals surface area contributed by atoms with E-state index in [1.165, 1.54) is 6.26 Å². The second kappa shape index (κ2) is 4.11.